The van der Waals surface area contributed by atoms with E-state index in [0.29, 0.717) is 20.9 Å². The number of hydrogen-bond acceptors (Lipinski definition) is 4. The van der Waals surface area contributed by atoms with E-state index in [1.54, 1.807) is 6.07 Å². The van der Waals surface area contributed by atoms with Crippen LogP contribution in [0.3, 0.4) is 0 Å². The van der Waals surface area contributed by atoms with Crippen LogP contribution in [0.15, 0.2) is 40.3 Å². The topological polar surface area (TPSA) is 50.9 Å². The van der Waals surface area contributed by atoms with Gasteiger partial charge in [-0.2, -0.15) is 0 Å². The largest absolute Gasteiger partial charge is 0.307 e. The lowest BCUT2D eigenvalue weighted by molar-refractivity contribution is 1.10. The normalized spacial score (nSPS) is 10.4. The van der Waals surface area contributed by atoms with E-state index in [1.807, 2.05) is 31.2 Å². The number of hydrogen-bond donors (Lipinski definition) is 2. The van der Waals surface area contributed by atoms with Crippen molar-refractivity contribution in [2.75, 3.05) is 5.43 Å². The molecule has 1 aromatic carbocycles. The summed E-state index contributed by atoms with van der Waals surface area (Å²) in [6, 6.07) is 9.65. The van der Waals surface area contributed by atoms with Gasteiger partial charge in [0.2, 0.25) is 0 Å². The molecule has 2 rings (SSSR count). The third kappa shape index (κ3) is 2.90. The van der Waals surface area contributed by atoms with E-state index in [-0.39, 0.29) is 0 Å². The molecule has 0 bridgehead atoms. The van der Waals surface area contributed by atoms with Gasteiger partial charge in [-0.3, -0.25) is 0 Å². The van der Waals surface area contributed by atoms with Crippen LogP contribution in [-0.2, 0) is 0 Å². The van der Waals surface area contributed by atoms with Gasteiger partial charge in [0.1, 0.15) is 5.03 Å². The fraction of sp³-hybridized carbons (Fsp3) is 0.0833. The number of aryl methyl sites for hydroxylation is 1. The smallest absolute Gasteiger partial charge is 0.160 e. The lowest BCUT2D eigenvalue weighted by atomic mass is 10.2. The van der Waals surface area contributed by atoms with E-state index in [0.717, 1.165) is 10.5 Å². The van der Waals surface area contributed by atoms with E-state index in [9.17, 15) is 0 Å². The van der Waals surface area contributed by atoms with Crippen molar-refractivity contribution in [2.45, 2.75) is 16.8 Å². The number of nitrogens with one attached hydrogen (secondary N) is 1. The average molecular weight is 300 g/mol. The zero-order valence-electron chi connectivity index (χ0n) is 9.58. The number of halogens is 2. The summed E-state index contributed by atoms with van der Waals surface area (Å²) in [5.74, 6) is 5.76. The zero-order chi connectivity index (χ0) is 13.1. The second-order valence-corrected chi connectivity index (χ2v) is 5.46. The van der Waals surface area contributed by atoms with Gasteiger partial charge in [0.25, 0.3) is 0 Å². The first-order valence-corrected chi connectivity index (χ1v) is 6.75. The molecule has 3 nitrogen and oxygen atoms in total. The van der Waals surface area contributed by atoms with E-state index in [1.165, 1.54) is 11.8 Å². The maximum absolute atomic E-state index is 6.12. The summed E-state index contributed by atoms with van der Waals surface area (Å²) >= 11 is 13.5. The summed E-state index contributed by atoms with van der Waals surface area (Å²) in [5.41, 5.74) is 3.61. The van der Waals surface area contributed by atoms with Gasteiger partial charge in [-0.15, -0.1) is 0 Å². The molecule has 0 saturated carbocycles. The van der Waals surface area contributed by atoms with Gasteiger partial charge < -0.3 is 5.43 Å². The minimum absolute atomic E-state index is 0.400. The van der Waals surface area contributed by atoms with Crippen molar-refractivity contribution in [3.8, 4) is 0 Å². The molecule has 0 fully saturated rings. The number of hydrazine groups is 1. The third-order valence-corrected chi connectivity index (χ3v) is 4.21. The Morgan fingerprint density at radius 3 is 2.61 bits per heavy atom. The molecule has 6 heteroatoms. The molecule has 2 aromatic rings. The molecule has 3 N–H and O–H groups in total. The first kappa shape index (κ1) is 13.5. The average Bonchev–Trinajstić information content (AvgIpc) is 2.35. The van der Waals surface area contributed by atoms with Crippen molar-refractivity contribution in [3.05, 3.63) is 45.9 Å². The highest BCUT2D eigenvalue weighted by atomic mass is 35.5. The van der Waals surface area contributed by atoms with Crippen molar-refractivity contribution in [1.82, 2.24) is 4.98 Å². The van der Waals surface area contributed by atoms with Gasteiger partial charge in [-0.05, 0) is 24.6 Å². The summed E-state index contributed by atoms with van der Waals surface area (Å²) in [7, 11) is 0. The monoisotopic (exact) mass is 299 g/mol. The molecule has 0 aliphatic rings. The molecule has 0 atom stereocenters. The molecule has 0 aliphatic heterocycles. The number of anilines is 1. The number of nitrogens with zero attached hydrogens (tertiary/aromatic N) is 1. The van der Waals surface area contributed by atoms with Crippen LogP contribution in [0.4, 0.5) is 5.82 Å². The Hall–Kier alpha value is -0.940. The number of pyridine rings is 1. The van der Waals surface area contributed by atoms with Gasteiger partial charge in [0.15, 0.2) is 5.82 Å². The Kier molecular flexibility index (Phi) is 4.35. The van der Waals surface area contributed by atoms with Crippen LogP contribution in [0.25, 0.3) is 0 Å². The van der Waals surface area contributed by atoms with Crippen LogP contribution in [0.5, 0.6) is 0 Å². The minimum atomic E-state index is 0.400. The third-order valence-electron chi connectivity index (χ3n) is 2.33. The fourth-order valence-electron chi connectivity index (χ4n) is 1.40. The number of aromatic nitrogens is 1. The first-order valence-electron chi connectivity index (χ1n) is 5.18. The number of benzene rings is 1. The van der Waals surface area contributed by atoms with Crippen molar-refractivity contribution < 1.29 is 0 Å². The molecular formula is C12H11Cl2N3S. The fourth-order valence-corrected chi connectivity index (χ4v) is 2.80. The van der Waals surface area contributed by atoms with Gasteiger partial charge in [0, 0.05) is 4.90 Å². The predicted octanol–water partition coefficient (Wildman–Crippen LogP) is 4.13. The van der Waals surface area contributed by atoms with E-state index >= 15 is 0 Å². The van der Waals surface area contributed by atoms with Gasteiger partial charge >= 0.3 is 0 Å². The van der Waals surface area contributed by atoms with Crippen LogP contribution in [0, 0.1) is 6.92 Å². The van der Waals surface area contributed by atoms with Crippen LogP contribution >= 0.6 is 35.0 Å². The molecule has 0 unspecified atom stereocenters. The Morgan fingerprint density at radius 2 is 1.94 bits per heavy atom. The van der Waals surface area contributed by atoms with Gasteiger partial charge in [-0.25, -0.2) is 10.8 Å². The van der Waals surface area contributed by atoms with Crippen molar-refractivity contribution in [3.63, 3.8) is 0 Å². The molecule has 0 aliphatic carbocycles. The van der Waals surface area contributed by atoms with Crippen molar-refractivity contribution in [2.24, 2.45) is 5.84 Å². The molecular weight excluding hydrogens is 289 g/mol. The zero-order valence-corrected chi connectivity index (χ0v) is 11.9. The molecule has 1 aromatic heterocycles. The predicted molar refractivity (Wildman–Crippen MR) is 77.4 cm³/mol. The molecule has 0 radical (unpaired) electrons. The van der Waals surface area contributed by atoms with Crippen LogP contribution in [0.2, 0.25) is 10.0 Å². The Bertz CT molecular complexity index is 575. The summed E-state index contributed by atoms with van der Waals surface area (Å²) < 4.78 is 0. The highest BCUT2D eigenvalue weighted by Gasteiger charge is 2.11. The highest BCUT2D eigenvalue weighted by Crippen LogP contribution is 2.36. The molecule has 1 heterocycles. The Labute approximate surface area is 120 Å². The summed E-state index contributed by atoms with van der Waals surface area (Å²) in [4.78, 5) is 5.38. The molecule has 0 spiro atoms. The van der Waals surface area contributed by atoms with Crippen molar-refractivity contribution >= 4 is 40.8 Å². The maximum Gasteiger partial charge on any atom is 0.160 e. The maximum atomic E-state index is 6.12. The quantitative estimate of drug-likeness (QED) is 0.661. The van der Waals surface area contributed by atoms with E-state index < -0.39 is 0 Å². The number of nitrogens with two attached hydrogens (primary N) is 1. The van der Waals surface area contributed by atoms with Gasteiger partial charge in [0.05, 0.1) is 10.0 Å². The molecule has 18 heavy (non-hydrogen) atoms. The SMILES string of the molecule is Cc1ccccc1Sc1nc(NN)c(Cl)cc1Cl. The van der Waals surface area contributed by atoms with Crippen LogP contribution < -0.4 is 11.3 Å². The molecule has 94 valence electrons. The standard InChI is InChI=1S/C12H11Cl2N3S/c1-7-4-2-3-5-10(7)18-12-9(14)6-8(13)11(16-12)17-15/h2-6H,15H2,1H3,(H,16,17). The summed E-state index contributed by atoms with van der Waals surface area (Å²) in [6.07, 6.45) is 0. The van der Waals surface area contributed by atoms with E-state index in [4.69, 9.17) is 29.0 Å². The minimum Gasteiger partial charge on any atom is -0.307 e. The number of rotatable bonds is 3. The highest BCUT2D eigenvalue weighted by molar-refractivity contribution is 7.99. The lowest BCUT2D eigenvalue weighted by Crippen LogP contribution is -2.09. The van der Waals surface area contributed by atoms with Crippen molar-refractivity contribution in [1.29, 1.82) is 0 Å². The number of nitrogen functional groups attached to an aromatic ring is 1. The summed E-state index contributed by atoms with van der Waals surface area (Å²) in [5, 5.41) is 1.58. The molecule has 0 saturated heterocycles. The Morgan fingerprint density at radius 1 is 1.22 bits per heavy atom. The molecule has 0 amide bonds. The van der Waals surface area contributed by atoms with Crippen LogP contribution in [0.1, 0.15) is 5.56 Å². The summed E-state index contributed by atoms with van der Waals surface area (Å²) in [6.45, 7) is 2.04. The second-order valence-electron chi connectivity index (χ2n) is 3.62. The van der Waals surface area contributed by atoms with Gasteiger partial charge in [-0.1, -0.05) is 53.2 Å². The lowest BCUT2D eigenvalue weighted by Gasteiger charge is -2.09. The van der Waals surface area contributed by atoms with Crippen LogP contribution in [-0.4, -0.2) is 4.98 Å². The van der Waals surface area contributed by atoms with E-state index in [2.05, 4.69) is 10.4 Å². The first-order chi connectivity index (χ1) is 8.61. The Balaban J connectivity index is 2.38. The second kappa shape index (κ2) is 5.80.